The van der Waals surface area contributed by atoms with Gasteiger partial charge in [0, 0.05) is 88.3 Å². The molecule has 4 rings (SSSR count). The number of aromatic nitrogens is 4. The molecule has 14 heteroatoms. The summed E-state index contributed by atoms with van der Waals surface area (Å²) in [6.07, 6.45) is 0. The summed E-state index contributed by atoms with van der Waals surface area (Å²) in [5.74, 6) is 2.28. The molecule has 0 N–H and O–H groups in total. The van der Waals surface area contributed by atoms with Gasteiger partial charge in [0.05, 0.1) is 33.0 Å². The molecule has 1 aliphatic heterocycles. The average Bonchev–Trinajstić information content (AvgIpc) is 3.05. The Morgan fingerprint density at radius 3 is 1.80 bits per heavy atom. The van der Waals surface area contributed by atoms with Gasteiger partial charge < -0.3 is 43.4 Å². The zero-order valence-electron chi connectivity index (χ0n) is 27.4. The van der Waals surface area contributed by atoms with Crippen LogP contribution in [0.4, 0.5) is 23.5 Å². The van der Waals surface area contributed by atoms with Gasteiger partial charge in [-0.2, -0.15) is 9.97 Å². The van der Waals surface area contributed by atoms with E-state index in [1.165, 1.54) is 0 Å². The molecule has 0 unspecified atom stereocenters. The van der Waals surface area contributed by atoms with Crippen molar-refractivity contribution in [2.45, 2.75) is 6.54 Å². The monoisotopic (exact) mass is 625 g/mol. The minimum Gasteiger partial charge on any atom is -0.383 e. The Balaban J connectivity index is 1.95. The summed E-state index contributed by atoms with van der Waals surface area (Å²) < 4.78 is 21.7. The zero-order chi connectivity index (χ0) is 32.2. The van der Waals surface area contributed by atoms with Crippen LogP contribution in [0, 0.1) is 0 Å². The van der Waals surface area contributed by atoms with Crippen LogP contribution in [0.5, 0.6) is 0 Å². The lowest BCUT2D eigenvalue weighted by molar-refractivity contribution is -0.129. The topological polar surface area (TPSA) is 122 Å². The highest BCUT2D eigenvalue weighted by Crippen LogP contribution is 2.33. The Morgan fingerprint density at radius 2 is 1.27 bits per heavy atom. The summed E-state index contributed by atoms with van der Waals surface area (Å²) in [5.41, 5.74) is 2.31. The van der Waals surface area contributed by atoms with Gasteiger partial charge in [-0.1, -0.05) is 30.3 Å². The lowest BCUT2D eigenvalue weighted by atomic mass is 10.2. The number of carbonyl (C=O) groups excluding carboxylic acids is 1. The number of rotatable bonds is 18. The predicted octanol–water partition coefficient (Wildman–Crippen LogP) is 1.53. The van der Waals surface area contributed by atoms with Gasteiger partial charge in [-0.3, -0.25) is 4.79 Å². The van der Waals surface area contributed by atoms with Crippen molar-refractivity contribution in [1.82, 2.24) is 24.8 Å². The molecular weight excluding hydrogens is 578 g/mol. The van der Waals surface area contributed by atoms with Crippen LogP contribution >= 0.6 is 0 Å². The number of ether oxygens (including phenoxy) is 4. The summed E-state index contributed by atoms with van der Waals surface area (Å²) in [5, 5.41) is 0. The molecule has 3 heterocycles. The van der Waals surface area contributed by atoms with Crippen molar-refractivity contribution in [1.29, 1.82) is 0 Å². The van der Waals surface area contributed by atoms with Gasteiger partial charge in [0.25, 0.3) is 0 Å². The molecule has 246 valence electrons. The van der Waals surface area contributed by atoms with Gasteiger partial charge >= 0.3 is 0 Å². The van der Waals surface area contributed by atoms with Crippen LogP contribution in [0.15, 0.2) is 30.3 Å². The molecule has 1 aliphatic rings. The molecule has 1 aromatic carbocycles. The number of anilines is 4. The fourth-order valence-electron chi connectivity index (χ4n) is 5.03. The lowest BCUT2D eigenvalue weighted by Gasteiger charge is -2.34. The number of likely N-dealkylation sites (N-methyl/N-ethyl adjacent to an activating group) is 1. The summed E-state index contributed by atoms with van der Waals surface area (Å²) >= 11 is 0. The van der Waals surface area contributed by atoms with Crippen molar-refractivity contribution in [2.24, 2.45) is 0 Å². The normalized spacial score (nSPS) is 13.5. The molecule has 0 saturated carbocycles. The molecule has 14 nitrogen and oxygen atoms in total. The van der Waals surface area contributed by atoms with Crippen molar-refractivity contribution in [3.05, 3.63) is 35.9 Å². The fraction of sp³-hybridized carbons (Fsp3) is 0.581. The highest BCUT2D eigenvalue weighted by atomic mass is 16.5. The Labute approximate surface area is 265 Å². The van der Waals surface area contributed by atoms with Crippen LogP contribution in [-0.2, 0) is 30.3 Å². The third-order valence-electron chi connectivity index (χ3n) is 7.69. The maximum Gasteiger partial charge on any atom is 0.241 e. The summed E-state index contributed by atoms with van der Waals surface area (Å²) in [4.78, 5) is 43.2. The second-order valence-corrected chi connectivity index (χ2v) is 10.9. The van der Waals surface area contributed by atoms with Gasteiger partial charge in [-0.15, -0.1) is 0 Å². The molecule has 1 saturated heterocycles. The van der Waals surface area contributed by atoms with Crippen molar-refractivity contribution in [2.75, 3.05) is 134 Å². The van der Waals surface area contributed by atoms with Gasteiger partial charge in [0.15, 0.2) is 11.6 Å². The smallest absolute Gasteiger partial charge is 0.241 e. The maximum atomic E-state index is 12.9. The lowest BCUT2D eigenvalue weighted by Crippen LogP contribution is -2.49. The number of benzene rings is 1. The molecule has 0 aliphatic carbocycles. The number of nitrogens with zero attached hydrogens (tertiary/aromatic N) is 9. The van der Waals surface area contributed by atoms with Crippen LogP contribution in [0.1, 0.15) is 5.56 Å². The molecule has 0 atom stereocenters. The van der Waals surface area contributed by atoms with Crippen molar-refractivity contribution in [3.8, 4) is 0 Å². The average molecular weight is 626 g/mol. The number of fused-ring (bicyclic) bond motifs is 1. The molecule has 0 radical (unpaired) electrons. The van der Waals surface area contributed by atoms with Gasteiger partial charge in [0.1, 0.15) is 11.0 Å². The molecule has 2 aromatic heterocycles. The highest BCUT2D eigenvalue weighted by Gasteiger charge is 2.29. The Hall–Kier alpha value is -3.85. The minimum absolute atomic E-state index is 0.0164. The van der Waals surface area contributed by atoms with E-state index in [2.05, 4.69) is 17.0 Å². The second-order valence-electron chi connectivity index (χ2n) is 10.9. The first kappa shape index (κ1) is 34.0. The van der Waals surface area contributed by atoms with Crippen molar-refractivity contribution in [3.63, 3.8) is 0 Å². The number of hydrogen-bond acceptors (Lipinski definition) is 13. The highest BCUT2D eigenvalue weighted by molar-refractivity contribution is 5.96. The third-order valence-corrected chi connectivity index (χ3v) is 7.69. The van der Waals surface area contributed by atoms with Crippen LogP contribution in [0.3, 0.4) is 0 Å². The maximum absolute atomic E-state index is 12.9. The van der Waals surface area contributed by atoms with E-state index in [9.17, 15) is 4.79 Å². The van der Waals surface area contributed by atoms with Gasteiger partial charge in [0.2, 0.25) is 17.8 Å². The first-order chi connectivity index (χ1) is 21.9. The SMILES string of the molecule is COCCN(CCOC)c1nc(N2CCN(C)C(=O)C2)c2nc(N(CCOC)CCOC)nc(N(C)Cc3ccccc3)c2n1. The number of amides is 1. The summed E-state index contributed by atoms with van der Waals surface area (Å²) in [7, 11) is 10.5. The van der Waals surface area contributed by atoms with E-state index in [-0.39, 0.29) is 12.5 Å². The summed E-state index contributed by atoms with van der Waals surface area (Å²) in [6.45, 7) is 6.16. The standard InChI is InChI=1S/C31H47N9O5/c1-36-12-13-40(23-25(36)41)29-27-26(32-31(35-29)39(16-20-44-5)17-21-45-6)28(37(2)22-24-10-8-7-9-11-24)34-30(33-27)38(14-18-42-3)15-19-43-4/h7-11H,12-23H2,1-6H3. The fourth-order valence-corrected chi connectivity index (χ4v) is 5.03. The van der Waals surface area contributed by atoms with Gasteiger partial charge in [-0.05, 0) is 5.56 Å². The van der Waals surface area contributed by atoms with Crippen molar-refractivity contribution < 1.29 is 23.7 Å². The zero-order valence-corrected chi connectivity index (χ0v) is 27.4. The molecule has 0 spiro atoms. The molecule has 3 aromatic rings. The van der Waals surface area contributed by atoms with Crippen LogP contribution in [-0.4, -0.2) is 146 Å². The first-order valence-corrected chi connectivity index (χ1v) is 15.2. The van der Waals surface area contributed by atoms with E-state index in [1.807, 2.05) is 47.0 Å². The van der Waals surface area contributed by atoms with E-state index >= 15 is 0 Å². The number of hydrogen-bond donors (Lipinski definition) is 0. The van der Waals surface area contributed by atoms with Crippen LogP contribution in [0.25, 0.3) is 11.0 Å². The van der Waals surface area contributed by atoms with Crippen LogP contribution < -0.4 is 19.6 Å². The van der Waals surface area contributed by atoms with Crippen molar-refractivity contribution >= 4 is 40.5 Å². The first-order valence-electron chi connectivity index (χ1n) is 15.2. The van der Waals surface area contributed by atoms with E-state index in [0.717, 1.165) is 5.56 Å². The molecule has 45 heavy (non-hydrogen) atoms. The predicted molar refractivity (Wildman–Crippen MR) is 175 cm³/mol. The minimum atomic E-state index is 0.0164. The number of carbonyl (C=O) groups is 1. The van der Waals surface area contributed by atoms with E-state index < -0.39 is 0 Å². The number of methoxy groups -OCH3 is 4. The summed E-state index contributed by atoms with van der Waals surface area (Å²) in [6, 6.07) is 10.2. The van der Waals surface area contributed by atoms with E-state index in [1.54, 1.807) is 33.3 Å². The Kier molecular flexibility index (Phi) is 12.9. The van der Waals surface area contributed by atoms with Gasteiger partial charge in [-0.25, -0.2) is 9.97 Å². The second kappa shape index (κ2) is 17.0. The largest absolute Gasteiger partial charge is 0.383 e. The quantitative estimate of drug-likeness (QED) is 0.203. The Bertz CT molecular complexity index is 1350. The molecule has 0 bridgehead atoms. The molecular formula is C31H47N9O5. The van der Waals surface area contributed by atoms with E-state index in [4.69, 9.17) is 38.9 Å². The number of piperazine rings is 1. The molecule has 1 amide bonds. The van der Waals surface area contributed by atoms with E-state index in [0.29, 0.717) is 107 Å². The Morgan fingerprint density at radius 1 is 0.733 bits per heavy atom. The molecule has 1 fully saturated rings. The van der Waals surface area contributed by atoms with Crippen LogP contribution in [0.2, 0.25) is 0 Å². The third kappa shape index (κ3) is 8.87.